The molecule has 1 aliphatic heterocycles. The highest BCUT2D eigenvalue weighted by Gasteiger charge is 2.11. The number of fused-ring (bicyclic) bond motifs is 1. The van der Waals surface area contributed by atoms with Gasteiger partial charge in [-0.1, -0.05) is 18.2 Å². The Morgan fingerprint density at radius 3 is 2.59 bits per heavy atom. The molecule has 0 spiro atoms. The van der Waals surface area contributed by atoms with Crippen molar-refractivity contribution in [3.63, 3.8) is 0 Å². The van der Waals surface area contributed by atoms with Crippen LogP contribution in [0.5, 0.6) is 0 Å². The van der Waals surface area contributed by atoms with Crippen LogP contribution in [-0.2, 0) is 6.42 Å². The molecule has 0 radical (unpaired) electrons. The molecule has 1 saturated heterocycles. The number of aromatic amines is 1. The molecule has 0 saturated carbocycles. The number of piperidine rings is 1. The number of benzene rings is 2. The summed E-state index contributed by atoms with van der Waals surface area (Å²) in [6.07, 6.45) is 6.67. The number of amides is 2. The molecule has 2 aromatic carbocycles. The second kappa shape index (κ2) is 8.16. The Bertz CT molecular complexity index is 894. The zero-order chi connectivity index (χ0) is 18.5. The number of nitrogens with zero attached hydrogens (tertiary/aromatic N) is 1. The largest absolute Gasteiger partial charge is 0.372 e. The maximum Gasteiger partial charge on any atom is 0.319 e. The molecule has 4 rings (SSSR count). The summed E-state index contributed by atoms with van der Waals surface area (Å²) < 4.78 is 0. The Morgan fingerprint density at radius 1 is 1.00 bits per heavy atom. The van der Waals surface area contributed by atoms with E-state index in [1.807, 2.05) is 30.5 Å². The molecule has 140 valence electrons. The Labute approximate surface area is 159 Å². The molecule has 5 nitrogen and oxygen atoms in total. The van der Waals surface area contributed by atoms with Gasteiger partial charge in [0.25, 0.3) is 0 Å². The normalized spacial score (nSPS) is 14.3. The number of aromatic nitrogens is 1. The summed E-state index contributed by atoms with van der Waals surface area (Å²) in [7, 11) is 0. The first-order valence-corrected chi connectivity index (χ1v) is 9.74. The number of hydrogen-bond acceptors (Lipinski definition) is 2. The number of rotatable bonds is 5. The van der Waals surface area contributed by atoms with Crippen molar-refractivity contribution in [2.45, 2.75) is 25.7 Å². The minimum Gasteiger partial charge on any atom is -0.372 e. The molecule has 2 heterocycles. The molecule has 1 fully saturated rings. The fourth-order valence-electron chi connectivity index (χ4n) is 3.73. The zero-order valence-corrected chi connectivity index (χ0v) is 15.5. The van der Waals surface area contributed by atoms with Gasteiger partial charge in [0.05, 0.1) is 0 Å². The second-order valence-corrected chi connectivity index (χ2v) is 7.08. The van der Waals surface area contributed by atoms with E-state index in [0.717, 1.165) is 30.7 Å². The Hall–Kier alpha value is -2.95. The molecule has 3 aromatic rings. The van der Waals surface area contributed by atoms with E-state index in [1.54, 1.807) is 0 Å². The van der Waals surface area contributed by atoms with Crippen LogP contribution >= 0.6 is 0 Å². The molecule has 0 aliphatic carbocycles. The molecular weight excluding hydrogens is 336 g/mol. The van der Waals surface area contributed by atoms with Crippen LogP contribution in [0.2, 0.25) is 0 Å². The van der Waals surface area contributed by atoms with Crippen LogP contribution in [0.15, 0.2) is 54.7 Å². The number of carbonyl (C=O) groups is 1. The van der Waals surface area contributed by atoms with E-state index in [0.29, 0.717) is 6.54 Å². The van der Waals surface area contributed by atoms with E-state index in [-0.39, 0.29) is 6.03 Å². The van der Waals surface area contributed by atoms with E-state index < -0.39 is 0 Å². The number of carbonyl (C=O) groups excluding carboxylic acids is 1. The first-order chi connectivity index (χ1) is 13.3. The van der Waals surface area contributed by atoms with Gasteiger partial charge in [0.15, 0.2) is 0 Å². The minimum atomic E-state index is -0.166. The van der Waals surface area contributed by atoms with Gasteiger partial charge in [-0.25, -0.2) is 4.79 Å². The van der Waals surface area contributed by atoms with Crippen LogP contribution in [0.1, 0.15) is 24.8 Å². The van der Waals surface area contributed by atoms with Crippen molar-refractivity contribution in [1.29, 1.82) is 0 Å². The molecule has 0 bridgehead atoms. The number of hydrogen-bond donors (Lipinski definition) is 3. The molecular formula is C22H26N4O. The monoisotopic (exact) mass is 362 g/mol. The molecule has 5 heteroatoms. The van der Waals surface area contributed by atoms with Gasteiger partial charge >= 0.3 is 6.03 Å². The van der Waals surface area contributed by atoms with E-state index in [1.165, 1.54) is 35.9 Å². The van der Waals surface area contributed by atoms with Crippen molar-refractivity contribution in [2.75, 3.05) is 29.9 Å². The lowest BCUT2D eigenvalue weighted by molar-refractivity contribution is 0.252. The predicted molar refractivity (Wildman–Crippen MR) is 112 cm³/mol. The van der Waals surface area contributed by atoms with Gasteiger partial charge in [-0.15, -0.1) is 0 Å². The number of urea groups is 1. The molecule has 0 atom stereocenters. The Morgan fingerprint density at radius 2 is 1.78 bits per heavy atom. The molecule has 2 amide bonds. The summed E-state index contributed by atoms with van der Waals surface area (Å²) >= 11 is 0. The lowest BCUT2D eigenvalue weighted by Gasteiger charge is -2.28. The molecule has 3 N–H and O–H groups in total. The first kappa shape index (κ1) is 17.5. The number of nitrogens with one attached hydrogen (secondary N) is 3. The number of H-pyrrole nitrogens is 1. The second-order valence-electron chi connectivity index (χ2n) is 7.08. The highest BCUT2D eigenvalue weighted by Crippen LogP contribution is 2.22. The SMILES string of the molecule is O=C(NCCc1c[nH]c2ccccc12)Nc1ccc(N2CCCCC2)cc1. The quantitative estimate of drug-likeness (QED) is 0.625. The van der Waals surface area contributed by atoms with E-state index >= 15 is 0 Å². The van der Waals surface area contributed by atoms with Crippen LogP contribution < -0.4 is 15.5 Å². The van der Waals surface area contributed by atoms with E-state index in [9.17, 15) is 4.79 Å². The zero-order valence-electron chi connectivity index (χ0n) is 15.5. The predicted octanol–water partition coefficient (Wildman–Crippen LogP) is 4.52. The third kappa shape index (κ3) is 4.25. The molecule has 27 heavy (non-hydrogen) atoms. The topological polar surface area (TPSA) is 60.2 Å². The third-order valence-electron chi connectivity index (χ3n) is 5.20. The molecule has 1 aromatic heterocycles. The summed E-state index contributed by atoms with van der Waals surface area (Å²) in [5.41, 5.74) is 4.41. The fraction of sp³-hybridized carbons (Fsp3) is 0.318. The van der Waals surface area contributed by atoms with Crippen molar-refractivity contribution in [3.05, 3.63) is 60.3 Å². The van der Waals surface area contributed by atoms with Crippen molar-refractivity contribution in [3.8, 4) is 0 Å². The van der Waals surface area contributed by atoms with Crippen molar-refractivity contribution in [1.82, 2.24) is 10.3 Å². The molecule has 1 aliphatic rings. The van der Waals surface area contributed by atoms with Crippen LogP contribution in [0, 0.1) is 0 Å². The number of anilines is 2. The smallest absolute Gasteiger partial charge is 0.319 e. The standard InChI is InChI=1S/C22H26N4O/c27-22(23-13-12-17-16-24-21-7-3-2-6-20(17)21)25-18-8-10-19(11-9-18)26-14-4-1-5-15-26/h2-3,6-11,16,24H,1,4-5,12-15H2,(H2,23,25,27). The van der Waals surface area contributed by atoms with Gasteiger partial charge in [0.1, 0.15) is 0 Å². The first-order valence-electron chi connectivity index (χ1n) is 9.74. The van der Waals surface area contributed by atoms with Gasteiger partial charge in [-0.05, 0) is 61.6 Å². The van der Waals surface area contributed by atoms with Crippen LogP contribution in [0.3, 0.4) is 0 Å². The van der Waals surface area contributed by atoms with Crippen molar-refractivity contribution in [2.24, 2.45) is 0 Å². The molecule has 0 unspecified atom stereocenters. The summed E-state index contributed by atoms with van der Waals surface area (Å²) in [5.74, 6) is 0. The van der Waals surface area contributed by atoms with Crippen LogP contribution in [0.25, 0.3) is 10.9 Å². The van der Waals surface area contributed by atoms with Gasteiger partial charge in [-0.3, -0.25) is 0 Å². The lowest BCUT2D eigenvalue weighted by atomic mass is 10.1. The van der Waals surface area contributed by atoms with Gasteiger partial charge in [-0.2, -0.15) is 0 Å². The Balaban J connectivity index is 1.26. The highest BCUT2D eigenvalue weighted by atomic mass is 16.2. The van der Waals surface area contributed by atoms with Crippen LogP contribution in [-0.4, -0.2) is 30.6 Å². The number of para-hydroxylation sites is 1. The summed E-state index contributed by atoms with van der Waals surface area (Å²) in [6, 6.07) is 16.2. The highest BCUT2D eigenvalue weighted by molar-refractivity contribution is 5.89. The average molecular weight is 362 g/mol. The van der Waals surface area contributed by atoms with E-state index in [4.69, 9.17) is 0 Å². The minimum absolute atomic E-state index is 0.166. The van der Waals surface area contributed by atoms with Gasteiger partial charge in [0, 0.05) is 48.1 Å². The average Bonchev–Trinajstić information content (AvgIpc) is 3.12. The summed E-state index contributed by atoms with van der Waals surface area (Å²) in [4.78, 5) is 17.8. The van der Waals surface area contributed by atoms with E-state index in [2.05, 4.69) is 44.8 Å². The third-order valence-corrected chi connectivity index (χ3v) is 5.20. The van der Waals surface area contributed by atoms with Gasteiger partial charge < -0.3 is 20.5 Å². The van der Waals surface area contributed by atoms with Crippen molar-refractivity contribution < 1.29 is 4.79 Å². The fourth-order valence-corrected chi connectivity index (χ4v) is 3.73. The summed E-state index contributed by atoms with van der Waals surface area (Å²) in [5, 5.41) is 7.07. The maximum atomic E-state index is 12.2. The summed E-state index contributed by atoms with van der Waals surface area (Å²) in [6.45, 7) is 2.85. The Kier molecular flexibility index (Phi) is 5.28. The van der Waals surface area contributed by atoms with Crippen molar-refractivity contribution >= 4 is 28.3 Å². The van der Waals surface area contributed by atoms with Crippen LogP contribution in [0.4, 0.5) is 16.2 Å². The lowest BCUT2D eigenvalue weighted by Crippen LogP contribution is -2.30. The van der Waals surface area contributed by atoms with Gasteiger partial charge in [0.2, 0.25) is 0 Å². The maximum absolute atomic E-state index is 12.2.